The summed E-state index contributed by atoms with van der Waals surface area (Å²) in [7, 11) is 1.89. The predicted octanol–water partition coefficient (Wildman–Crippen LogP) is 2.90. The van der Waals surface area contributed by atoms with Gasteiger partial charge in [-0.1, -0.05) is 41.9 Å². The highest BCUT2D eigenvalue weighted by molar-refractivity contribution is 6.30. The van der Waals surface area contributed by atoms with Gasteiger partial charge in [0.2, 0.25) is 0 Å². The number of amides is 2. The highest BCUT2D eigenvalue weighted by Crippen LogP contribution is 2.21. The highest BCUT2D eigenvalue weighted by Gasteiger charge is 2.13. The van der Waals surface area contributed by atoms with Gasteiger partial charge in [0.1, 0.15) is 5.15 Å². The topological polar surface area (TPSA) is 97.9 Å². The van der Waals surface area contributed by atoms with Crippen LogP contribution in [0.15, 0.2) is 42.6 Å². The molecular formula is C19H23ClN6O. The van der Waals surface area contributed by atoms with Gasteiger partial charge in [-0.2, -0.15) is 5.10 Å². The SMILES string of the molecule is Cn1ncc2cc(Cl)nc(CNCCCC(NC(N)=O)c3ccccc3)c21. The molecule has 27 heavy (non-hydrogen) atoms. The van der Waals surface area contributed by atoms with E-state index in [-0.39, 0.29) is 6.04 Å². The molecule has 1 atom stereocenters. The number of carbonyl (C=O) groups excluding carboxylic acids is 1. The first-order valence-corrected chi connectivity index (χ1v) is 9.21. The molecule has 0 aliphatic heterocycles. The van der Waals surface area contributed by atoms with Crippen LogP contribution < -0.4 is 16.4 Å². The van der Waals surface area contributed by atoms with Gasteiger partial charge in [-0.25, -0.2) is 9.78 Å². The summed E-state index contributed by atoms with van der Waals surface area (Å²) < 4.78 is 1.80. The van der Waals surface area contributed by atoms with E-state index in [1.54, 1.807) is 10.9 Å². The Morgan fingerprint density at radius 2 is 2.11 bits per heavy atom. The molecule has 4 N–H and O–H groups in total. The van der Waals surface area contributed by atoms with Crippen LogP contribution >= 0.6 is 11.6 Å². The van der Waals surface area contributed by atoms with E-state index in [1.165, 1.54) is 0 Å². The summed E-state index contributed by atoms with van der Waals surface area (Å²) in [4.78, 5) is 15.7. The molecule has 2 amide bonds. The summed E-state index contributed by atoms with van der Waals surface area (Å²) in [5.41, 5.74) is 8.20. The summed E-state index contributed by atoms with van der Waals surface area (Å²) in [5, 5.41) is 11.9. The molecule has 3 aromatic rings. The molecule has 0 aliphatic carbocycles. The van der Waals surface area contributed by atoms with Crippen molar-refractivity contribution in [3.05, 3.63) is 59.0 Å². The van der Waals surface area contributed by atoms with Crippen molar-refractivity contribution >= 4 is 28.5 Å². The molecule has 1 unspecified atom stereocenters. The number of primary amides is 1. The first kappa shape index (κ1) is 19.1. The van der Waals surface area contributed by atoms with Gasteiger partial charge in [0.25, 0.3) is 0 Å². The first-order chi connectivity index (χ1) is 13.0. The van der Waals surface area contributed by atoms with E-state index < -0.39 is 6.03 Å². The minimum absolute atomic E-state index is 0.0985. The standard InChI is InChI=1S/C19H23ClN6O/c1-26-18-14(11-23-26)10-17(20)24-16(18)12-22-9-5-8-15(25-19(21)27)13-6-3-2-4-7-13/h2-4,6-7,10-11,15,22H,5,8-9,12H2,1H3,(H3,21,25,27). The lowest BCUT2D eigenvalue weighted by Gasteiger charge is -2.18. The zero-order valence-electron chi connectivity index (χ0n) is 15.2. The lowest BCUT2D eigenvalue weighted by Crippen LogP contribution is -2.33. The highest BCUT2D eigenvalue weighted by atomic mass is 35.5. The number of rotatable bonds is 8. The Balaban J connectivity index is 1.55. The summed E-state index contributed by atoms with van der Waals surface area (Å²) in [5.74, 6) is 0. The minimum atomic E-state index is -0.515. The second-order valence-electron chi connectivity index (χ2n) is 6.39. The predicted molar refractivity (Wildman–Crippen MR) is 106 cm³/mol. The third-order valence-corrected chi connectivity index (χ3v) is 4.61. The van der Waals surface area contributed by atoms with Gasteiger partial charge >= 0.3 is 6.03 Å². The van der Waals surface area contributed by atoms with Crippen LogP contribution in [0.1, 0.15) is 30.1 Å². The van der Waals surface area contributed by atoms with Crippen molar-refractivity contribution in [2.24, 2.45) is 12.8 Å². The van der Waals surface area contributed by atoms with Crippen LogP contribution in [0, 0.1) is 0 Å². The summed E-state index contributed by atoms with van der Waals surface area (Å²) in [6.07, 6.45) is 3.44. The maximum atomic E-state index is 11.3. The zero-order valence-corrected chi connectivity index (χ0v) is 15.9. The molecule has 3 rings (SSSR count). The van der Waals surface area contributed by atoms with Gasteiger partial charge in [0.15, 0.2) is 0 Å². The number of urea groups is 1. The van der Waals surface area contributed by atoms with Gasteiger partial charge < -0.3 is 16.4 Å². The van der Waals surface area contributed by atoms with Crippen molar-refractivity contribution in [1.82, 2.24) is 25.4 Å². The Kier molecular flexibility index (Phi) is 6.26. The third kappa shape index (κ3) is 4.96. The lowest BCUT2D eigenvalue weighted by atomic mass is 10.0. The number of benzene rings is 1. The maximum absolute atomic E-state index is 11.3. The number of fused-ring (bicyclic) bond motifs is 1. The Bertz CT molecular complexity index is 911. The molecule has 0 spiro atoms. The van der Waals surface area contributed by atoms with Crippen molar-refractivity contribution in [1.29, 1.82) is 0 Å². The van der Waals surface area contributed by atoms with Crippen LogP contribution in [-0.2, 0) is 13.6 Å². The van der Waals surface area contributed by atoms with Crippen molar-refractivity contribution < 1.29 is 4.79 Å². The fraction of sp³-hybridized carbons (Fsp3) is 0.316. The number of pyridine rings is 1. The number of nitrogens with one attached hydrogen (secondary N) is 2. The van der Waals surface area contributed by atoms with E-state index in [0.29, 0.717) is 11.7 Å². The van der Waals surface area contributed by atoms with Crippen LogP contribution in [0.5, 0.6) is 0 Å². The number of nitrogens with zero attached hydrogens (tertiary/aromatic N) is 3. The Morgan fingerprint density at radius 1 is 1.33 bits per heavy atom. The summed E-state index contributed by atoms with van der Waals surface area (Å²) in [6, 6.07) is 11.0. The van der Waals surface area contributed by atoms with Crippen molar-refractivity contribution in [3.8, 4) is 0 Å². The fourth-order valence-electron chi connectivity index (χ4n) is 3.20. The number of carbonyl (C=O) groups is 1. The molecule has 1 aromatic carbocycles. The Morgan fingerprint density at radius 3 is 2.85 bits per heavy atom. The van der Waals surface area contributed by atoms with Gasteiger partial charge in [-0.15, -0.1) is 0 Å². The first-order valence-electron chi connectivity index (χ1n) is 8.83. The number of hydrogen-bond acceptors (Lipinski definition) is 4. The van der Waals surface area contributed by atoms with Gasteiger partial charge in [-0.3, -0.25) is 4.68 Å². The average Bonchev–Trinajstić information content (AvgIpc) is 3.01. The number of aryl methyl sites for hydroxylation is 1. The fourth-order valence-corrected chi connectivity index (χ4v) is 3.42. The molecular weight excluding hydrogens is 364 g/mol. The molecule has 0 saturated heterocycles. The van der Waals surface area contributed by atoms with Crippen LogP contribution in [0.2, 0.25) is 5.15 Å². The molecule has 2 heterocycles. The smallest absolute Gasteiger partial charge is 0.312 e. The van der Waals surface area contributed by atoms with Crippen LogP contribution in [0.4, 0.5) is 4.79 Å². The summed E-state index contributed by atoms with van der Waals surface area (Å²) >= 11 is 6.10. The largest absolute Gasteiger partial charge is 0.352 e. The van der Waals surface area contributed by atoms with Crippen LogP contribution in [0.3, 0.4) is 0 Å². The van der Waals surface area contributed by atoms with Crippen molar-refractivity contribution in [3.63, 3.8) is 0 Å². The Hall–Kier alpha value is -2.64. The van der Waals surface area contributed by atoms with E-state index in [1.807, 2.05) is 43.4 Å². The average molecular weight is 387 g/mol. The molecule has 142 valence electrons. The number of aromatic nitrogens is 3. The molecule has 8 heteroatoms. The normalized spacial score (nSPS) is 12.2. The Labute approximate surface area is 162 Å². The second-order valence-corrected chi connectivity index (χ2v) is 6.78. The maximum Gasteiger partial charge on any atom is 0.312 e. The number of halogens is 1. The monoisotopic (exact) mass is 386 g/mol. The molecule has 0 radical (unpaired) electrons. The molecule has 7 nitrogen and oxygen atoms in total. The number of hydrogen-bond donors (Lipinski definition) is 3. The molecule has 0 saturated carbocycles. The van der Waals surface area contributed by atoms with Crippen molar-refractivity contribution in [2.75, 3.05) is 6.54 Å². The molecule has 0 fully saturated rings. The molecule has 2 aromatic heterocycles. The molecule has 0 bridgehead atoms. The van der Waals surface area contributed by atoms with Crippen LogP contribution in [0.25, 0.3) is 10.9 Å². The quantitative estimate of drug-likeness (QED) is 0.409. The zero-order chi connectivity index (χ0) is 19.2. The third-order valence-electron chi connectivity index (χ3n) is 4.41. The van der Waals surface area contributed by atoms with E-state index in [0.717, 1.165) is 41.5 Å². The van der Waals surface area contributed by atoms with E-state index in [4.69, 9.17) is 17.3 Å². The minimum Gasteiger partial charge on any atom is -0.352 e. The van der Waals surface area contributed by atoms with E-state index in [2.05, 4.69) is 20.7 Å². The van der Waals surface area contributed by atoms with Gasteiger partial charge in [0.05, 0.1) is 23.4 Å². The van der Waals surface area contributed by atoms with Crippen molar-refractivity contribution in [2.45, 2.75) is 25.4 Å². The van der Waals surface area contributed by atoms with E-state index in [9.17, 15) is 4.79 Å². The lowest BCUT2D eigenvalue weighted by molar-refractivity contribution is 0.244. The summed E-state index contributed by atoms with van der Waals surface area (Å²) in [6.45, 7) is 1.37. The number of nitrogens with two attached hydrogens (primary N) is 1. The van der Waals surface area contributed by atoms with Crippen LogP contribution in [-0.4, -0.2) is 27.3 Å². The van der Waals surface area contributed by atoms with Gasteiger partial charge in [0, 0.05) is 19.0 Å². The van der Waals surface area contributed by atoms with E-state index >= 15 is 0 Å². The molecule has 0 aliphatic rings. The van der Waals surface area contributed by atoms with Gasteiger partial charge in [-0.05, 0) is 31.0 Å². The second kappa shape index (κ2) is 8.83.